The first-order valence-electron chi connectivity index (χ1n) is 9.03. The van der Waals surface area contributed by atoms with Gasteiger partial charge in [0.25, 0.3) is 0 Å². The molecule has 0 heterocycles. The topological polar surface area (TPSA) is 0 Å². The monoisotopic (exact) mass is 272 g/mol. The molecule has 0 aromatic carbocycles. The lowest BCUT2D eigenvalue weighted by atomic mass is 9.77. The lowest BCUT2D eigenvalue weighted by Crippen LogP contribution is -2.18. The second-order valence-corrected chi connectivity index (χ2v) is 5.93. The van der Waals surface area contributed by atoms with Crippen molar-refractivity contribution in [1.29, 1.82) is 0 Å². The van der Waals surface area contributed by atoms with Crippen LogP contribution in [-0.2, 0) is 0 Å². The Bertz CT molecular complexity index is 126. The number of unbranched alkanes of at least 4 members (excludes halogenated alkanes) is 2. The molecule has 1 saturated carbocycles. The minimum absolute atomic E-state index is 0.980. The maximum absolute atomic E-state index is 2.39. The highest BCUT2D eigenvalue weighted by Gasteiger charge is 2.20. The Kier molecular flexibility index (Phi) is 25.7. The van der Waals surface area contributed by atoms with Crippen molar-refractivity contribution >= 4 is 0 Å². The van der Waals surface area contributed by atoms with Gasteiger partial charge in [-0.05, 0) is 24.2 Å². The van der Waals surface area contributed by atoms with Gasteiger partial charge >= 0.3 is 0 Å². The van der Waals surface area contributed by atoms with E-state index in [4.69, 9.17) is 0 Å². The summed E-state index contributed by atoms with van der Waals surface area (Å²) in [6.07, 6.45) is 9.71. The van der Waals surface area contributed by atoms with Gasteiger partial charge in [-0.25, -0.2) is 0 Å². The Morgan fingerprint density at radius 1 is 0.737 bits per heavy atom. The molecule has 19 heavy (non-hydrogen) atoms. The quantitative estimate of drug-likeness (QED) is 0.482. The molecule has 3 atom stereocenters. The van der Waals surface area contributed by atoms with Gasteiger partial charge in [0.05, 0.1) is 0 Å². The molecule has 0 saturated heterocycles. The van der Waals surface area contributed by atoms with Crippen molar-refractivity contribution in [3.63, 3.8) is 0 Å². The predicted molar refractivity (Wildman–Crippen MR) is 93.9 cm³/mol. The van der Waals surface area contributed by atoms with Crippen LogP contribution in [0.3, 0.4) is 0 Å². The van der Waals surface area contributed by atoms with Crippen molar-refractivity contribution in [2.75, 3.05) is 0 Å². The van der Waals surface area contributed by atoms with Crippen molar-refractivity contribution < 1.29 is 0 Å². The normalized spacial score (nSPS) is 24.8. The zero-order valence-corrected chi connectivity index (χ0v) is 15.7. The van der Waals surface area contributed by atoms with Crippen LogP contribution in [-0.4, -0.2) is 0 Å². The van der Waals surface area contributed by atoms with Gasteiger partial charge in [-0.2, -0.15) is 0 Å². The van der Waals surface area contributed by atoms with E-state index in [-0.39, 0.29) is 0 Å². The third kappa shape index (κ3) is 20.5. The van der Waals surface area contributed by atoms with Crippen LogP contribution in [0.2, 0.25) is 0 Å². The van der Waals surface area contributed by atoms with Gasteiger partial charge in [0.15, 0.2) is 0 Å². The molecule has 0 N–H and O–H groups in total. The Hall–Kier alpha value is 0. The second-order valence-electron chi connectivity index (χ2n) is 5.93. The first kappa shape index (κ1) is 24.0. The first-order valence-corrected chi connectivity index (χ1v) is 9.03. The van der Waals surface area contributed by atoms with Gasteiger partial charge in [-0.1, -0.05) is 101 Å². The fraction of sp³-hybridized carbons (Fsp3) is 1.00. The molecule has 120 valence electrons. The van der Waals surface area contributed by atoms with Gasteiger partial charge < -0.3 is 0 Å². The first-order chi connectivity index (χ1) is 9.03. The molecule has 0 nitrogen and oxygen atoms in total. The molecule has 0 spiro atoms. The molecule has 0 bridgehead atoms. The maximum Gasteiger partial charge on any atom is -0.0414 e. The van der Waals surface area contributed by atoms with E-state index in [2.05, 4.69) is 48.5 Å². The minimum Gasteiger partial charge on any atom is -0.0683 e. The summed E-state index contributed by atoms with van der Waals surface area (Å²) in [4.78, 5) is 0. The fourth-order valence-corrected chi connectivity index (χ4v) is 2.17. The van der Waals surface area contributed by atoms with Crippen LogP contribution in [0, 0.1) is 17.8 Å². The van der Waals surface area contributed by atoms with Gasteiger partial charge in [-0.15, -0.1) is 0 Å². The maximum atomic E-state index is 2.39. The smallest absolute Gasteiger partial charge is 0.0414 e. The lowest BCUT2D eigenvalue weighted by Gasteiger charge is -2.29. The number of hydrogen-bond donors (Lipinski definition) is 0. The predicted octanol–water partition coefficient (Wildman–Crippen LogP) is 7.72. The standard InChI is InChI=1S/C9H18.C5H12.C3H8.C2H6/c1-7-4-5-8(2)9(3)6-7;1-3-5-4-2;1-3-2;1-2/h7-9H,4-6H2,1-3H3;3-5H2,1-2H3;3H2,1-2H3;1-2H3. The van der Waals surface area contributed by atoms with Crippen LogP contribution in [0.15, 0.2) is 0 Å². The highest BCUT2D eigenvalue weighted by atomic mass is 14.3. The van der Waals surface area contributed by atoms with E-state index in [0.717, 1.165) is 17.8 Å². The zero-order valence-electron chi connectivity index (χ0n) is 15.7. The van der Waals surface area contributed by atoms with Crippen molar-refractivity contribution in [3.8, 4) is 0 Å². The lowest BCUT2D eigenvalue weighted by molar-refractivity contribution is 0.220. The van der Waals surface area contributed by atoms with Gasteiger partial charge in [-0.3, -0.25) is 0 Å². The third-order valence-electron chi connectivity index (χ3n) is 3.57. The molecular formula is C19H44. The van der Waals surface area contributed by atoms with E-state index < -0.39 is 0 Å². The number of hydrogen-bond acceptors (Lipinski definition) is 0. The summed E-state index contributed by atoms with van der Waals surface area (Å²) in [7, 11) is 0. The number of rotatable bonds is 2. The molecule has 0 radical (unpaired) electrons. The van der Waals surface area contributed by atoms with Crippen molar-refractivity contribution in [1.82, 2.24) is 0 Å². The van der Waals surface area contributed by atoms with Crippen LogP contribution in [0.1, 0.15) is 107 Å². The largest absolute Gasteiger partial charge is 0.0683 e. The molecule has 1 aliphatic rings. The highest BCUT2D eigenvalue weighted by molar-refractivity contribution is 4.72. The molecule has 0 aliphatic heterocycles. The average Bonchev–Trinajstić information content (AvgIpc) is 2.39. The van der Waals surface area contributed by atoms with E-state index in [1.54, 1.807) is 0 Å². The van der Waals surface area contributed by atoms with Gasteiger partial charge in [0, 0.05) is 0 Å². The van der Waals surface area contributed by atoms with E-state index in [0.29, 0.717) is 0 Å². The van der Waals surface area contributed by atoms with Crippen LogP contribution in [0.5, 0.6) is 0 Å². The molecule has 0 amide bonds. The summed E-state index contributed by atoms with van der Waals surface area (Å²) in [5, 5.41) is 0. The molecule has 0 aromatic rings. The third-order valence-corrected chi connectivity index (χ3v) is 3.57. The molecular weight excluding hydrogens is 228 g/mol. The molecule has 1 fully saturated rings. The van der Waals surface area contributed by atoms with E-state index in [1.807, 2.05) is 13.8 Å². The summed E-state index contributed by atoms with van der Waals surface area (Å²) in [5.74, 6) is 2.96. The highest BCUT2D eigenvalue weighted by Crippen LogP contribution is 2.32. The fourth-order valence-electron chi connectivity index (χ4n) is 2.17. The Labute approximate surface area is 125 Å². The van der Waals surface area contributed by atoms with E-state index >= 15 is 0 Å². The van der Waals surface area contributed by atoms with Crippen molar-refractivity contribution in [2.45, 2.75) is 107 Å². The summed E-state index contributed by atoms with van der Waals surface area (Å²) in [5.41, 5.74) is 0. The van der Waals surface area contributed by atoms with Crippen LogP contribution >= 0.6 is 0 Å². The zero-order chi connectivity index (χ0) is 15.7. The Morgan fingerprint density at radius 3 is 1.37 bits per heavy atom. The van der Waals surface area contributed by atoms with E-state index in [1.165, 1.54) is 44.9 Å². The van der Waals surface area contributed by atoms with Crippen LogP contribution < -0.4 is 0 Å². The minimum atomic E-state index is 0.980. The SMILES string of the molecule is CC.CC1CCC(C)C(C)C1.CCC.CCCCC. The van der Waals surface area contributed by atoms with Gasteiger partial charge in [0.2, 0.25) is 0 Å². The van der Waals surface area contributed by atoms with Crippen molar-refractivity contribution in [3.05, 3.63) is 0 Å². The summed E-state index contributed by atoms with van der Waals surface area (Å²) in [6.45, 7) is 19.8. The van der Waals surface area contributed by atoms with Crippen LogP contribution in [0.25, 0.3) is 0 Å². The summed E-state index contributed by atoms with van der Waals surface area (Å²) >= 11 is 0. The average molecular weight is 273 g/mol. The van der Waals surface area contributed by atoms with Crippen molar-refractivity contribution in [2.24, 2.45) is 17.8 Å². The second kappa shape index (κ2) is 20.3. The molecule has 1 rings (SSSR count). The Balaban J connectivity index is -0.000000219. The molecule has 0 heteroatoms. The van der Waals surface area contributed by atoms with Gasteiger partial charge in [0.1, 0.15) is 0 Å². The molecule has 1 aliphatic carbocycles. The summed E-state index contributed by atoms with van der Waals surface area (Å²) < 4.78 is 0. The Morgan fingerprint density at radius 2 is 1.16 bits per heavy atom. The summed E-state index contributed by atoms with van der Waals surface area (Å²) in [6, 6.07) is 0. The molecule has 3 unspecified atom stereocenters. The van der Waals surface area contributed by atoms with Crippen LogP contribution in [0.4, 0.5) is 0 Å². The van der Waals surface area contributed by atoms with E-state index in [9.17, 15) is 0 Å². The molecule has 0 aromatic heterocycles.